The van der Waals surface area contributed by atoms with Crippen molar-refractivity contribution in [2.45, 2.75) is 18.9 Å². The van der Waals surface area contributed by atoms with E-state index in [2.05, 4.69) is 55.9 Å². The Balaban J connectivity index is 1.61. The van der Waals surface area contributed by atoms with Crippen LogP contribution in [0.25, 0.3) is 0 Å². The Morgan fingerprint density at radius 3 is 2.94 bits per heavy atom. The first kappa shape index (κ1) is 10.4. The normalized spacial score (nSPS) is 20.8. The molecule has 5 nitrogen and oxygen atoms in total. The highest BCUT2D eigenvalue weighted by molar-refractivity contribution is 5.15. The highest BCUT2D eigenvalue weighted by Gasteiger charge is 2.26. The molecule has 5 heteroatoms. The van der Waals surface area contributed by atoms with E-state index in [4.69, 9.17) is 0 Å². The fourth-order valence-electron chi connectivity index (χ4n) is 2.38. The maximum absolute atomic E-state index is 4.00. The third-order valence-electron chi connectivity index (χ3n) is 3.27. The Kier molecular flexibility index (Phi) is 2.83. The molecule has 0 spiro atoms. The number of nitrogens with zero attached hydrogens (tertiary/aromatic N) is 4. The summed E-state index contributed by atoms with van der Waals surface area (Å²) >= 11 is 0. The van der Waals surface area contributed by atoms with E-state index in [1.165, 1.54) is 5.56 Å². The van der Waals surface area contributed by atoms with Crippen LogP contribution in [0, 0.1) is 0 Å². The van der Waals surface area contributed by atoms with Crippen LogP contribution in [0.3, 0.4) is 0 Å². The second kappa shape index (κ2) is 4.63. The zero-order valence-corrected chi connectivity index (χ0v) is 9.58. The van der Waals surface area contributed by atoms with Gasteiger partial charge in [-0.2, -0.15) is 0 Å². The van der Waals surface area contributed by atoms with Crippen molar-refractivity contribution in [1.82, 2.24) is 25.5 Å². The van der Waals surface area contributed by atoms with Crippen LogP contribution >= 0.6 is 0 Å². The van der Waals surface area contributed by atoms with Gasteiger partial charge in [0.05, 0.1) is 0 Å². The van der Waals surface area contributed by atoms with Gasteiger partial charge in [0.2, 0.25) is 0 Å². The Morgan fingerprint density at radius 2 is 2.18 bits per heavy atom. The van der Waals surface area contributed by atoms with Gasteiger partial charge in [0.15, 0.2) is 5.82 Å². The number of aromatic nitrogens is 4. The van der Waals surface area contributed by atoms with Crippen LogP contribution in [0.2, 0.25) is 0 Å². The molecule has 1 unspecified atom stereocenters. The number of likely N-dealkylation sites (tertiary alicyclic amines) is 1. The van der Waals surface area contributed by atoms with E-state index >= 15 is 0 Å². The SMILES string of the molecule is c1ccc(CN2CCC(c3nnn[nH]3)C2)cc1. The lowest BCUT2D eigenvalue weighted by Crippen LogP contribution is -2.19. The van der Waals surface area contributed by atoms with Gasteiger partial charge in [0.1, 0.15) is 0 Å². The molecule has 0 amide bonds. The predicted octanol–water partition coefficient (Wildman–Crippen LogP) is 1.19. The second-order valence-corrected chi connectivity index (χ2v) is 4.49. The van der Waals surface area contributed by atoms with E-state index in [1.54, 1.807) is 0 Å². The molecule has 1 aromatic carbocycles. The van der Waals surface area contributed by atoms with Crippen LogP contribution in [0.4, 0.5) is 0 Å². The quantitative estimate of drug-likeness (QED) is 0.859. The number of rotatable bonds is 3. The molecule has 1 N–H and O–H groups in total. The smallest absolute Gasteiger partial charge is 0.152 e. The van der Waals surface area contributed by atoms with Crippen molar-refractivity contribution in [2.24, 2.45) is 0 Å². The molecule has 0 bridgehead atoms. The first-order valence-electron chi connectivity index (χ1n) is 5.92. The molecule has 2 heterocycles. The van der Waals surface area contributed by atoms with Gasteiger partial charge < -0.3 is 0 Å². The highest BCUT2D eigenvalue weighted by atomic mass is 15.5. The van der Waals surface area contributed by atoms with Gasteiger partial charge in [-0.05, 0) is 29.0 Å². The minimum absolute atomic E-state index is 0.453. The van der Waals surface area contributed by atoms with Gasteiger partial charge in [0, 0.05) is 19.0 Å². The van der Waals surface area contributed by atoms with E-state index in [0.29, 0.717) is 5.92 Å². The van der Waals surface area contributed by atoms with E-state index in [9.17, 15) is 0 Å². The van der Waals surface area contributed by atoms with Gasteiger partial charge in [0.25, 0.3) is 0 Å². The minimum atomic E-state index is 0.453. The van der Waals surface area contributed by atoms with Gasteiger partial charge in [-0.25, -0.2) is 5.10 Å². The summed E-state index contributed by atoms with van der Waals surface area (Å²) in [6, 6.07) is 10.6. The molecular formula is C12H15N5. The molecule has 3 rings (SSSR count). The summed E-state index contributed by atoms with van der Waals surface area (Å²) in [4.78, 5) is 2.45. The monoisotopic (exact) mass is 229 g/mol. The Bertz CT molecular complexity index is 453. The van der Waals surface area contributed by atoms with Crippen molar-refractivity contribution in [3.8, 4) is 0 Å². The molecule has 1 fully saturated rings. The van der Waals surface area contributed by atoms with E-state index in [1.807, 2.05) is 0 Å². The van der Waals surface area contributed by atoms with Crippen molar-refractivity contribution in [3.05, 3.63) is 41.7 Å². The molecule has 1 aromatic heterocycles. The van der Waals surface area contributed by atoms with Gasteiger partial charge in [-0.3, -0.25) is 4.90 Å². The van der Waals surface area contributed by atoms with Crippen LogP contribution < -0.4 is 0 Å². The van der Waals surface area contributed by atoms with Crippen LogP contribution in [0.5, 0.6) is 0 Å². The zero-order valence-electron chi connectivity index (χ0n) is 9.58. The maximum Gasteiger partial charge on any atom is 0.152 e. The number of hydrogen-bond donors (Lipinski definition) is 1. The lowest BCUT2D eigenvalue weighted by atomic mass is 10.1. The molecule has 88 valence electrons. The number of benzene rings is 1. The number of aromatic amines is 1. The lowest BCUT2D eigenvalue weighted by molar-refractivity contribution is 0.326. The first-order valence-corrected chi connectivity index (χ1v) is 5.92. The molecule has 1 atom stereocenters. The Hall–Kier alpha value is -1.75. The van der Waals surface area contributed by atoms with Crippen molar-refractivity contribution < 1.29 is 0 Å². The zero-order chi connectivity index (χ0) is 11.5. The molecule has 0 aliphatic carbocycles. The van der Waals surface area contributed by atoms with Gasteiger partial charge in [-0.15, -0.1) is 5.10 Å². The Labute approximate surface area is 99.8 Å². The molecule has 0 radical (unpaired) electrons. The summed E-state index contributed by atoms with van der Waals surface area (Å²) in [6.07, 6.45) is 1.13. The third kappa shape index (κ3) is 2.34. The predicted molar refractivity (Wildman–Crippen MR) is 63.3 cm³/mol. The number of H-pyrrole nitrogens is 1. The lowest BCUT2D eigenvalue weighted by Gasteiger charge is -2.15. The van der Waals surface area contributed by atoms with Crippen LogP contribution in [0.1, 0.15) is 23.7 Å². The average Bonchev–Trinajstić information content (AvgIpc) is 3.00. The fraction of sp³-hybridized carbons (Fsp3) is 0.417. The summed E-state index contributed by atoms with van der Waals surface area (Å²) < 4.78 is 0. The van der Waals surface area contributed by atoms with Crippen LogP contribution in [-0.2, 0) is 6.54 Å². The molecular weight excluding hydrogens is 214 g/mol. The van der Waals surface area contributed by atoms with E-state index in [-0.39, 0.29) is 0 Å². The van der Waals surface area contributed by atoms with Gasteiger partial charge >= 0.3 is 0 Å². The highest BCUT2D eigenvalue weighted by Crippen LogP contribution is 2.24. The molecule has 1 aliphatic rings. The van der Waals surface area contributed by atoms with E-state index in [0.717, 1.165) is 31.9 Å². The van der Waals surface area contributed by atoms with Crippen molar-refractivity contribution in [3.63, 3.8) is 0 Å². The summed E-state index contributed by atoms with van der Waals surface area (Å²) in [6.45, 7) is 3.16. The Morgan fingerprint density at radius 1 is 1.29 bits per heavy atom. The minimum Gasteiger partial charge on any atom is -0.298 e. The summed E-state index contributed by atoms with van der Waals surface area (Å²) in [5, 5.41) is 14.1. The number of hydrogen-bond acceptors (Lipinski definition) is 4. The standard InChI is InChI=1S/C12H15N5/c1-2-4-10(5-3-1)8-17-7-6-11(9-17)12-13-15-16-14-12/h1-5,11H,6-9H2,(H,13,14,15,16). The largest absolute Gasteiger partial charge is 0.298 e. The number of tetrazole rings is 1. The number of nitrogens with one attached hydrogen (secondary N) is 1. The van der Waals surface area contributed by atoms with Crippen molar-refractivity contribution >= 4 is 0 Å². The summed E-state index contributed by atoms with van der Waals surface area (Å²) in [5.74, 6) is 1.37. The maximum atomic E-state index is 4.00. The molecule has 1 aliphatic heterocycles. The molecule has 2 aromatic rings. The first-order chi connectivity index (χ1) is 8.42. The van der Waals surface area contributed by atoms with E-state index < -0.39 is 0 Å². The second-order valence-electron chi connectivity index (χ2n) is 4.49. The third-order valence-corrected chi connectivity index (χ3v) is 3.27. The summed E-state index contributed by atoms with van der Waals surface area (Å²) in [5.41, 5.74) is 1.36. The van der Waals surface area contributed by atoms with Gasteiger partial charge in [-0.1, -0.05) is 30.3 Å². The molecule has 17 heavy (non-hydrogen) atoms. The van der Waals surface area contributed by atoms with Crippen molar-refractivity contribution in [2.75, 3.05) is 13.1 Å². The average molecular weight is 229 g/mol. The molecule has 0 saturated carbocycles. The van der Waals surface area contributed by atoms with Crippen LogP contribution in [0.15, 0.2) is 30.3 Å². The fourth-order valence-corrected chi connectivity index (χ4v) is 2.38. The summed E-state index contributed by atoms with van der Waals surface area (Å²) in [7, 11) is 0. The molecule has 1 saturated heterocycles. The van der Waals surface area contributed by atoms with Crippen molar-refractivity contribution in [1.29, 1.82) is 0 Å². The van der Waals surface area contributed by atoms with Crippen LogP contribution in [-0.4, -0.2) is 38.6 Å². The topological polar surface area (TPSA) is 57.7 Å².